The largest absolute Gasteiger partial charge is 0.497 e. The number of nitrogens with two attached hydrogens (primary N) is 1. The van der Waals surface area contributed by atoms with Crippen LogP contribution >= 0.6 is 0 Å². The zero-order valence-electron chi connectivity index (χ0n) is 14.4. The number of ether oxygens (including phenoxy) is 2. The minimum absolute atomic E-state index is 0.132. The molecule has 1 amide bonds. The van der Waals surface area contributed by atoms with Crippen molar-refractivity contribution in [2.45, 2.75) is 13.0 Å². The zero-order chi connectivity index (χ0) is 17.7. The molecule has 130 valence electrons. The molecule has 0 radical (unpaired) electrons. The highest BCUT2D eigenvalue weighted by atomic mass is 16.5. The van der Waals surface area contributed by atoms with Crippen molar-refractivity contribution >= 4 is 5.91 Å². The van der Waals surface area contributed by atoms with Gasteiger partial charge < -0.3 is 25.1 Å². The molecule has 3 N–H and O–H groups in total. The lowest BCUT2D eigenvalue weighted by Gasteiger charge is -2.22. The molecule has 0 spiro atoms. The molecule has 0 fully saturated rings. The number of carbonyl (C=O) groups excluding carboxylic acids is 1. The third kappa shape index (κ3) is 3.86. The summed E-state index contributed by atoms with van der Waals surface area (Å²) >= 11 is 0. The molecular formula is C17H24N4O3. The van der Waals surface area contributed by atoms with Crippen LogP contribution in [0, 0.1) is 5.92 Å². The average Bonchev–Trinajstić information content (AvgIpc) is 3.03. The van der Waals surface area contributed by atoms with Crippen LogP contribution in [0.5, 0.6) is 11.5 Å². The van der Waals surface area contributed by atoms with Gasteiger partial charge in [0.2, 0.25) is 5.91 Å². The van der Waals surface area contributed by atoms with Gasteiger partial charge in [0, 0.05) is 38.0 Å². The summed E-state index contributed by atoms with van der Waals surface area (Å²) in [6.45, 7) is 2.07. The van der Waals surface area contributed by atoms with E-state index in [4.69, 9.17) is 15.2 Å². The first-order chi connectivity index (χ1) is 11.5. The normalized spacial score (nSPS) is 13.2. The summed E-state index contributed by atoms with van der Waals surface area (Å²) in [5.74, 6) is 1.57. The maximum Gasteiger partial charge on any atom is 0.224 e. The Balaban J connectivity index is 2.46. The highest BCUT2D eigenvalue weighted by molar-refractivity contribution is 5.79. The van der Waals surface area contributed by atoms with Crippen LogP contribution in [0.25, 0.3) is 0 Å². The molecule has 0 aliphatic carbocycles. The van der Waals surface area contributed by atoms with E-state index in [-0.39, 0.29) is 18.4 Å². The second kappa shape index (κ2) is 7.83. The number of methoxy groups -OCH3 is 2. The number of hydrogen-bond donors (Lipinski definition) is 2. The van der Waals surface area contributed by atoms with Gasteiger partial charge in [-0.05, 0) is 17.7 Å². The molecule has 0 aliphatic rings. The number of nitrogens with zero attached hydrogens (tertiary/aromatic N) is 2. The number of aromatic nitrogens is 2. The quantitative estimate of drug-likeness (QED) is 0.796. The SMILES string of the molecule is COc1cc(OC)cc(C(NC(=O)C(C)CN)c2nccn2C)c1. The third-order valence-corrected chi connectivity index (χ3v) is 3.91. The van der Waals surface area contributed by atoms with E-state index in [0.29, 0.717) is 17.3 Å². The van der Waals surface area contributed by atoms with Crippen LogP contribution in [0.3, 0.4) is 0 Å². The van der Waals surface area contributed by atoms with Crippen molar-refractivity contribution in [3.63, 3.8) is 0 Å². The van der Waals surface area contributed by atoms with Crippen molar-refractivity contribution in [3.05, 3.63) is 42.0 Å². The number of aryl methyl sites for hydroxylation is 1. The summed E-state index contributed by atoms with van der Waals surface area (Å²) in [5.41, 5.74) is 6.42. The van der Waals surface area contributed by atoms with Crippen molar-refractivity contribution in [2.24, 2.45) is 18.7 Å². The number of carbonyl (C=O) groups is 1. The molecule has 2 unspecified atom stereocenters. The number of rotatable bonds is 7. The van der Waals surface area contributed by atoms with Gasteiger partial charge in [-0.2, -0.15) is 0 Å². The molecule has 1 aromatic heterocycles. The van der Waals surface area contributed by atoms with Gasteiger partial charge in [0.1, 0.15) is 23.4 Å². The molecular weight excluding hydrogens is 308 g/mol. The van der Waals surface area contributed by atoms with E-state index in [1.165, 1.54) is 0 Å². The summed E-state index contributed by atoms with van der Waals surface area (Å²) in [7, 11) is 5.05. The Hall–Kier alpha value is -2.54. The van der Waals surface area contributed by atoms with Gasteiger partial charge in [-0.3, -0.25) is 4.79 Å². The molecule has 0 bridgehead atoms. The van der Waals surface area contributed by atoms with E-state index in [2.05, 4.69) is 10.3 Å². The fraction of sp³-hybridized carbons (Fsp3) is 0.412. The Kier molecular flexibility index (Phi) is 5.81. The van der Waals surface area contributed by atoms with Crippen LogP contribution in [0.1, 0.15) is 24.4 Å². The van der Waals surface area contributed by atoms with Crippen LogP contribution in [-0.2, 0) is 11.8 Å². The lowest BCUT2D eigenvalue weighted by atomic mass is 10.0. The number of benzene rings is 1. The molecule has 1 heterocycles. The number of nitrogens with one attached hydrogen (secondary N) is 1. The average molecular weight is 332 g/mol. The van der Waals surface area contributed by atoms with Gasteiger partial charge in [-0.1, -0.05) is 6.92 Å². The molecule has 2 aromatic rings. The predicted octanol–water partition coefficient (Wildman–Crippen LogP) is 1.24. The highest BCUT2D eigenvalue weighted by Gasteiger charge is 2.24. The van der Waals surface area contributed by atoms with E-state index < -0.39 is 6.04 Å². The van der Waals surface area contributed by atoms with Crippen LogP contribution < -0.4 is 20.5 Å². The summed E-state index contributed by atoms with van der Waals surface area (Å²) < 4.78 is 12.5. The smallest absolute Gasteiger partial charge is 0.224 e. The minimum Gasteiger partial charge on any atom is -0.497 e. The lowest BCUT2D eigenvalue weighted by molar-refractivity contribution is -0.124. The summed E-state index contributed by atoms with van der Waals surface area (Å²) in [6.07, 6.45) is 3.52. The first-order valence-corrected chi connectivity index (χ1v) is 7.70. The van der Waals surface area contributed by atoms with Crippen LogP contribution in [0.2, 0.25) is 0 Å². The molecule has 7 nitrogen and oxygen atoms in total. The van der Waals surface area contributed by atoms with Gasteiger partial charge in [0.05, 0.1) is 14.2 Å². The van der Waals surface area contributed by atoms with E-state index >= 15 is 0 Å². The van der Waals surface area contributed by atoms with E-state index in [0.717, 1.165) is 5.56 Å². The summed E-state index contributed by atoms with van der Waals surface area (Å²) in [4.78, 5) is 16.8. The van der Waals surface area contributed by atoms with Crippen molar-refractivity contribution < 1.29 is 14.3 Å². The van der Waals surface area contributed by atoms with Gasteiger partial charge in [0.15, 0.2) is 0 Å². The van der Waals surface area contributed by atoms with Crippen molar-refractivity contribution in [1.82, 2.24) is 14.9 Å². The van der Waals surface area contributed by atoms with Gasteiger partial charge in [-0.15, -0.1) is 0 Å². The topological polar surface area (TPSA) is 91.4 Å². The molecule has 1 aromatic carbocycles. The molecule has 2 rings (SSSR count). The van der Waals surface area contributed by atoms with Crippen LogP contribution in [-0.4, -0.2) is 36.2 Å². The Morgan fingerprint density at radius 2 is 1.92 bits per heavy atom. The maximum atomic E-state index is 12.4. The van der Waals surface area contributed by atoms with E-state index in [9.17, 15) is 4.79 Å². The summed E-state index contributed by atoms with van der Waals surface area (Å²) in [6, 6.07) is 5.06. The van der Waals surface area contributed by atoms with Gasteiger partial charge in [0.25, 0.3) is 0 Å². The standard InChI is InChI=1S/C17H24N4O3/c1-11(10-18)17(22)20-15(16-19-5-6-21(16)2)12-7-13(23-3)9-14(8-12)24-4/h5-9,11,15H,10,18H2,1-4H3,(H,20,22). The minimum atomic E-state index is -0.435. The van der Waals surface area contributed by atoms with Crippen molar-refractivity contribution in [1.29, 1.82) is 0 Å². The van der Waals surface area contributed by atoms with Crippen molar-refractivity contribution in [3.8, 4) is 11.5 Å². The number of amides is 1. The number of imidazole rings is 1. The van der Waals surface area contributed by atoms with Gasteiger partial charge >= 0.3 is 0 Å². The molecule has 0 aliphatic heterocycles. The Labute approximate surface area is 141 Å². The second-order valence-corrected chi connectivity index (χ2v) is 5.62. The fourth-order valence-corrected chi connectivity index (χ4v) is 2.34. The van der Waals surface area contributed by atoms with Crippen LogP contribution in [0.15, 0.2) is 30.6 Å². The molecule has 0 saturated heterocycles. The van der Waals surface area contributed by atoms with E-state index in [1.54, 1.807) is 33.4 Å². The Morgan fingerprint density at radius 3 is 2.38 bits per heavy atom. The Morgan fingerprint density at radius 1 is 1.29 bits per heavy atom. The second-order valence-electron chi connectivity index (χ2n) is 5.62. The predicted molar refractivity (Wildman–Crippen MR) is 91.0 cm³/mol. The van der Waals surface area contributed by atoms with Crippen LogP contribution in [0.4, 0.5) is 0 Å². The van der Waals surface area contributed by atoms with Crippen molar-refractivity contribution in [2.75, 3.05) is 20.8 Å². The molecule has 24 heavy (non-hydrogen) atoms. The monoisotopic (exact) mass is 332 g/mol. The summed E-state index contributed by atoms with van der Waals surface area (Å²) in [5, 5.41) is 3.02. The highest BCUT2D eigenvalue weighted by Crippen LogP contribution is 2.29. The van der Waals surface area contributed by atoms with E-state index in [1.807, 2.05) is 29.9 Å². The number of hydrogen-bond acceptors (Lipinski definition) is 5. The maximum absolute atomic E-state index is 12.4. The molecule has 7 heteroatoms. The lowest BCUT2D eigenvalue weighted by Crippen LogP contribution is -2.37. The Bertz CT molecular complexity index is 677. The first-order valence-electron chi connectivity index (χ1n) is 7.70. The first kappa shape index (κ1) is 17.8. The molecule has 2 atom stereocenters. The molecule has 0 saturated carbocycles. The third-order valence-electron chi connectivity index (χ3n) is 3.91. The zero-order valence-corrected chi connectivity index (χ0v) is 14.4. The van der Waals surface area contributed by atoms with Gasteiger partial charge in [-0.25, -0.2) is 4.98 Å². The fourth-order valence-electron chi connectivity index (χ4n) is 2.34.